The molecule has 0 saturated heterocycles. The highest BCUT2D eigenvalue weighted by atomic mass is 32.2. The molecule has 3 heteroatoms. The number of para-hydroxylation sites is 1. The predicted molar refractivity (Wildman–Crippen MR) is 105 cm³/mol. The van der Waals surface area contributed by atoms with Gasteiger partial charge in [0, 0.05) is 11.4 Å². The van der Waals surface area contributed by atoms with E-state index in [0.717, 1.165) is 17.9 Å². The summed E-state index contributed by atoms with van der Waals surface area (Å²) in [6.07, 6.45) is 0.916. The maximum absolute atomic E-state index is 12.2. The second kappa shape index (κ2) is 8.02. The van der Waals surface area contributed by atoms with Crippen LogP contribution in [0.15, 0.2) is 66.7 Å². The predicted octanol–water partition coefficient (Wildman–Crippen LogP) is 5.27. The fraction of sp³-hybridized carbons (Fsp3) is 0.190. The van der Waals surface area contributed by atoms with Gasteiger partial charge in [0.25, 0.3) is 0 Å². The summed E-state index contributed by atoms with van der Waals surface area (Å²) in [5, 5.41) is 5.54. The Hall–Kier alpha value is -2.26. The summed E-state index contributed by atoms with van der Waals surface area (Å²) in [5.74, 6) is 1.35. The largest absolute Gasteiger partial charge is 0.325 e. The first kappa shape index (κ1) is 16.6. The van der Waals surface area contributed by atoms with Gasteiger partial charge < -0.3 is 5.32 Å². The molecule has 2 nitrogen and oxygen atoms in total. The molecule has 0 heterocycles. The van der Waals surface area contributed by atoms with E-state index in [-0.39, 0.29) is 5.91 Å². The van der Waals surface area contributed by atoms with Gasteiger partial charge in [0.2, 0.25) is 5.91 Å². The highest BCUT2D eigenvalue weighted by Gasteiger charge is 2.07. The standard InChI is InChI=1S/C21H21NOS/c1-2-16-8-4-6-13-20(16)22-21(23)15-24-14-18-11-7-10-17-9-3-5-12-19(17)18/h3-13H,2,14-15H2,1H3,(H,22,23). The monoisotopic (exact) mass is 335 g/mol. The molecule has 0 atom stereocenters. The van der Waals surface area contributed by atoms with Crippen LogP contribution in [-0.2, 0) is 17.0 Å². The average Bonchev–Trinajstić information content (AvgIpc) is 2.62. The number of amides is 1. The Morgan fingerprint density at radius 3 is 2.50 bits per heavy atom. The van der Waals surface area contributed by atoms with Crippen molar-refractivity contribution in [2.45, 2.75) is 19.1 Å². The number of carbonyl (C=O) groups is 1. The van der Waals surface area contributed by atoms with Crippen LogP contribution in [0.5, 0.6) is 0 Å². The van der Waals surface area contributed by atoms with Crippen LogP contribution in [0.1, 0.15) is 18.1 Å². The Morgan fingerprint density at radius 1 is 0.917 bits per heavy atom. The number of carbonyl (C=O) groups excluding carboxylic acids is 1. The van der Waals surface area contributed by atoms with Crippen molar-refractivity contribution in [3.8, 4) is 0 Å². The zero-order chi connectivity index (χ0) is 16.8. The molecule has 0 unspecified atom stereocenters. The fourth-order valence-electron chi connectivity index (χ4n) is 2.81. The number of thioether (sulfide) groups is 1. The van der Waals surface area contributed by atoms with Crippen LogP contribution in [-0.4, -0.2) is 11.7 Å². The fourth-order valence-corrected chi connectivity index (χ4v) is 3.64. The first-order valence-corrected chi connectivity index (χ1v) is 9.35. The van der Waals surface area contributed by atoms with Crippen molar-refractivity contribution in [3.63, 3.8) is 0 Å². The minimum absolute atomic E-state index is 0.0566. The lowest BCUT2D eigenvalue weighted by atomic mass is 10.1. The molecule has 3 aromatic carbocycles. The maximum atomic E-state index is 12.2. The van der Waals surface area contributed by atoms with Crippen LogP contribution >= 0.6 is 11.8 Å². The number of aryl methyl sites for hydroxylation is 1. The summed E-state index contributed by atoms with van der Waals surface area (Å²) in [4.78, 5) is 12.2. The van der Waals surface area contributed by atoms with Gasteiger partial charge in [0.05, 0.1) is 5.75 Å². The van der Waals surface area contributed by atoms with E-state index in [1.165, 1.54) is 21.9 Å². The quantitative estimate of drug-likeness (QED) is 0.664. The third-order valence-electron chi connectivity index (χ3n) is 4.04. The van der Waals surface area contributed by atoms with Crippen molar-refractivity contribution in [2.75, 3.05) is 11.1 Å². The van der Waals surface area contributed by atoms with E-state index in [0.29, 0.717) is 5.75 Å². The number of hydrogen-bond acceptors (Lipinski definition) is 2. The highest BCUT2D eigenvalue weighted by molar-refractivity contribution is 7.99. The minimum atomic E-state index is 0.0566. The molecular formula is C21H21NOS. The van der Waals surface area contributed by atoms with E-state index in [2.05, 4.69) is 60.8 Å². The van der Waals surface area contributed by atoms with E-state index in [1.54, 1.807) is 11.8 Å². The van der Waals surface area contributed by atoms with Crippen molar-refractivity contribution in [1.82, 2.24) is 0 Å². The minimum Gasteiger partial charge on any atom is -0.325 e. The average molecular weight is 335 g/mol. The van der Waals surface area contributed by atoms with Gasteiger partial charge in [-0.2, -0.15) is 0 Å². The molecular weight excluding hydrogens is 314 g/mol. The number of rotatable bonds is 6. The number of hydrogen-bond donors (Lipinski definition) is 1. The third kappa shape index (κ3) is 3.98. The smallest absolute Gasteiger partial charge is 0.234 e. The van der Waals surface area contributed by atoms with E-state index in [4.69, 9.17) is 0 Å². The molecule has 0 fully saturated rings. The van der Waals surface area contributed by atoms with Crippen LogP contribution < -0.4 is 5.32 Å². The van der Waals surface area contributed by atoms with E-state index in [1.807, 2.05) is 18.2 Å². The number of anilines is 1. The van der Waals surface area contributed by atoms with Crippen LogP contribution in [0.25, 0.3) is 10.8 Å². The number of fused-ring (bicyclic) bond motifs is 1. The molecule has 3 aromatic rings. The lowest BCUT2D eigenvalue weighted by Gasteiger charge is -2.10. The van der Waals surface area contributed by atoms with Crippen molar-refractivity contribution in [3.05, 3.63) is 77.9 Å². The molecule has 122 valence electrons. The Balaban J connectivity index is 1.59. The van der Waals surface area contributed by atoms with E-state index in [9.17, 15) is 4.79 Å². The summed E-state index contributed by atoms with van der Waals surface area (Å²) in [6.45, 7) is 2.10. The van der Waals surface area contributed by atoms with Crippen molar-refractivity contribution < 1.29 is 4.79 Å². The van der Waals surface area contributed by atoms with Gasteiger partial charge in [-0.25, -0.2) is 0 Å². The van der Waals surface area contributed by atoms with Crippen molar-refractivity contribution >= 4 is 34.1 Å². The van der Waals surface area contributed by atoms with Gasteiger partial charge in [-0.05, 0) is 34.4 Å². The molecule has 0 spiro atoms. The Labute approximate surface area is 147 Å². The molecule has 1 amide bonds. The third-order valence-corrected chi connectivity index (χ3v) is 5.02. The number of nitrogens with one attached hydrogen (secondary N) is 1. The Morgan fingerprint density at radius 2 is 1.62 bits per heavy atom. The molecule has 24 heavy (non-hydrogen) atoms. The highest BCUT2D eigenvalue weighted by Crippen LogP contribution is 2.23. The normalized spacial score (nSPS) is 10.7. The van der Waals surface area contributed by atoms with Crippen molar-refractivity contribution in [2.24, 2.45) is 0 Å². The molecule has 0 radical (unpaired) electrons. The van der Waals surface area contributed by atoms with E-state index >= 15 is 0 Å². The molecule has 0 aliphatic heterocycles. The van der Waals surface area contributed by atoms with Gasteiger partial charge >= 0.3 is 0 Å². The zero-order valence-corrected chi connectivity index (χ0v) is 14.6. The number of benzene rings is 3. The molecule has 3 rings (SSSR count). The van der Waals surface area contributed by atoms with Gasteiger partial charge in [0.15, 0.2) is 0 Å². The lowest BCUT2D eigenvalue weighted by Crippen LogP contribution is -2.15. The first-order valence-electron chi connectivity index (χ1n) is 8.20. The second-order valence-corrected chi connectivity index (χ2v) is 6.68. The summed E-state index contributed by atoms with van der Waals surface area (Å²) in [5.41, 5.74) is 3.38. The van der Waals surface area contributed by atoms with Crippen LogP contribution in [0.2, 0.25) is 0 Å². The SMILES string of the molecule is CCc1ccccc1NC(=O)CSCc1cccc2ccccc12. The van der Waals surface area contributed by atoms with Gasteiger partial charge in [-0.1, -0.05) is 67.6 Å². The molecule has 1 N–H and O–H groups in total. The van der Waals surface area contributed by atoms with Gasteiger partial charge in [-0.15, -0.1) is 11.8 Å². The lowest BCUT2D eigenvalue weighted by molar-refractivity contribution is -0.113. The first-order chi connectivity index (χ1) is 11.8. The van der Waals surface area contributed by atoms with Crippen LogP contribution in [0, 0.1) is 0 Å². The molecule has 0 aliphatic rings. The van der Waals surface area contributed by atoms with Crippen molar-refractivity contribution in [1.29, 1.82) is 0 Å². The molecule has 0 aliphatic carbocycles. The zero-order valence-electron chi connectivity index (χ0n) is 13.8. The Kier molecular flexibility index (Phi) is 5.55. The summed E-state index contributed by atoms with van der Waals surface area (Å²) >= 11 is 1.65. The Bertz CT molecular complexity index is 839. The molecule has 0 saturated carbocycles. The van der Waals surface area contributed by atoms with Gasteiger partial charge in [-0.3, -0.25) is 4.79 Å². The second-order valence-electron chi connectivity index (χ2n) is 5.69. The van der Waals surface area contributed by atoms with E-state index < -0.39 is 0 Å². The van der Waals surface area contributed by atoms with Crippen LogP contribution in [0.3, 0.4) is 0 Å². The molecule has 0 bridgehead atoms. The molecule has 0 aromatic heterocycles. The van der Waals surface area contributed by atoms with Gasteiger partial charge in [0.1, 0.15) is 0 Å². The van der Waals surface area contributed by atoms with Crippen LogP contribution in [0.4, 0.5) is 5.69 Å². The maximum Gasteiger partial charge on any atom is 0.234 e. The summed E-state index contributed by atoms with van der Waals surface area (Å²) < 4.78 is 0. The summed E-state index contributed by atoms with van der Waals surface area (Å²) in [7, 11) is 0. The topological polar surface area (TPSA) is 29.1 Å². The summed E-state index contributed by atoms with van der Waals surface area (Å²) in [6, 6.07) is 22.7.